The van der Waals surface area contributed by atoms with Crippen molar-refractivity contribution >= 4 is 38.6 Å². The fourth-order valence-electron chi connectivity index (χ4n) is 4.36. The molecule has 0 spiro atoms. The third-order valence-electron chi connectivity index (χ3n) is 5.92. The number of aromatic nitrogens is 2. The van der Waals surface area contributed by atoms with Crippen molar-refractivity contribution in [2.75, 3.05) is 25.2 Å². The second kappa shape index (κ2) is 9.27. The molecule has 0 radical (unpaired) electrons. The molecule has 5 rings (SSSR count). The van der Waals surface area contributed by atoms with E-state index in [1.54, 1.807) is 7.11 Å². The lowest BCUT2D eigenvalue weighted by Gasteiger charge is -2.18. The molecule has 6 nitrogen and oxygen atoms in total. The molecule has 0 N–H and O–H groups in total. The van der Waals surface area contributed by atoms with E-state index in [1.165, 1.54) is 0 Å². The Bertz CT molecular complexity index is 1300. The number of rotatable bonds is 7. The monoisotopic (exact) mass is 505 g/mol. The van der Waals surface area contributed by atoms with Gasteiger partial charge in [0.2, 0.25) is 5.91 Å². The van der Waals surface area contributed by atoms with Crippen molar-refractivity contribution in [1.29, 1.82) is 0 Å². The Morgan fingerprint density at radius 2 is 1.85 bits per heavy atom. The number of carbonyl (C=O) groups is 1. The summed E-state index contributed by atoms with van der Waals surface area (Å²) >= 11 is 3.50. The molecule has 4 aromatic rings. The summed E-state index contributed by atoms with van der Waals surface area (Å²) < 4.78 is 14.4. The number of anilines is 1. The van der Waals surface area contributed by atoms with Crippen LogP contribution in [0.5, 0.6) is 11.5 Å². The van der Waals surface area contributed by atoms with E-state index in [1.807, 2.05) is 71.6 Å². The minimum absolute atomic E-state index is 0.0145. The molecular formula is C26H24BrN3O3. The zero-order chi connectivity index (χ0) is 22.8. The zero-order valence-electron chi connectivity index (χ0n) is 18.3. The quantitative estimate of drug-likeness (QED) is 0.337. The van der Waals surface area contributed by atoms with Crippen molar-refractivity contribution in [2.24, 2.45) is 0 Å². The summed E-state index contributed by atoms with van der Waals surface area (Å²) in [4.78, 5) is 19.7. The summed E-state index contributed by atoms with van der Waals surface area (Å²) in [5.41, 5.74) is 2.89. The highest BCUT2D eigenvalue weighted by Gasteiger charge is 2.34. The molecule has 1 atom stereocenters. The van der Waals surface area contributed by atoms with Gasteiger partial charge in [0, 0.05) is 35.1 Å². The number of amides is 1. The summed E-state index contributed by atoms with van der Waals surface area (Å²) in [6, 6.07) is 23.5. The van der Waals surface area contributed by atoms with E-state index < -0.39 is 0 Å². The standard InChI is InChI=1S/C26H24BrN3O3/c1-32-21-8-5-9-22(16-21)33-13-12-29-24-11-3-2-10-23(24)28-26(29)18-14-25(31)30(17-18)20-7-4-6-19(27)15-20/h2-11,15-16,18H,12-14,17H2,1H3. The molecule has 1 saturated heterocycles. The number of hydrogen-bond donors (Lipinski definition) is 0. The van der Waals surface area contributed by atoms with Gasteiger partial charge in [-0.2, -0.15) is 0 Å². The van der Waals surface area contributed by atoms with Crippen LogP contribution in [0.2, 0.25) is 0 Å². The molecule has 168 valence electrons. The summed E-state index contributed by atoms with van der Waals surface area (Å²) in [5.74, 6) is 2.58. The van der Waals surface area contributed by atoms with Crippen LogP contribution in [-0.4, -0.2) is 35.7 Å². The van der Waals surface area contributed by atoms with Gasteiger partial charge in [-0.1, -0.05) is 40.2 Å². The first-order valence-electron chi connectivity index (χ1n) is 10.9. The second-order valence-corrected chi connectivity index (χ2v) is 8.94. The number of halogens is 1. The molecule has 1 amide bonds. The molecule has 0 saturated carbocycles. The van der Waals surface area contributed by atoms with E-state index in [4.69, 9.17) is 14.5 Å². The van der Waals surface area contributed by atoms with Gasteiger partial charge < -0.3 is 18.9 Å². The first-order valence-corrected chi connectivity index (χ1v) is 11.7. The highest BCUT2D eigenvalue weighted by molar-refractivity contribution is 9.10. The molecular weight excluding hydrogens is 482 g/mol. The predicted molar refractivity (Wildman–Crippen MR) is 132 cm³/mol. The molecule has 1 unspecified atom stereocenters. The maximum atomic E-state index is 12.9. The lowest BCUT2D eigenvalue weighted by molar-refractivity contribution is -0.117. The van der Waals surface area contributed by atoms with Crippen LogP contribution in [0.4, 0.5) is 5.69 Å². The van der Waals surface area contributed by atoms with Crippen LogP contribution in [0.25, 0.3) is 11.0 Å². The third-order valence-corrected chi connectivity index (χ3v) is 6.41. The molecule has 33 heavy (non-hydrogen) atoms. The highest BCUT2D eigenvalue weighted by atomic mass is 79.9. The molecule has 0 aliphatic carbocycles. The number of imidazole rings is 1. The number of fused-ring (bicyclic) bond motifs is 1. The number of nitrogens with zero attached hydrogens (tertiary/aromatic N) is 3. The number of carbonyl (C=O) groups excluding carboxylic acids is 1. The van der Waals surface area contributed by atoms with Crippen LogP contribution in [0.1, 0.15) is 18.2 Å². The number of methoxy groups -OCH3 is 1. The van der Waals surface area contributed by atoms with Gasteiger partial charge in [-0.15, -0.1) is 0 Å². The summed E-state index contributed by atoms with van der Waals surface area (Å²) in [5, 5.41) is 0. The Kier molecular flexibility index (Phi) is 6.05. The van der Waals surface area contributed by atoms with Gasteiger partial charge in [-0.05, 0) is 42.5 Å². The van der Waals surface area contributed by atoms with Crippen molar-refractivity contribution in [3.63, 3.8) is 0 Å². The summed E-state index contributed by atoms with van der Waals surface area (Å²) in [7, 11) is 1.64. The van der Waals surface area contributed by atoms with Crippen molar-refractivity contribution < 1.29 is 14.3 Å². The highest BCUT2D eigenvalue weighted by Crippen LogP contribution is 2.34. The average Bonchev–Trinajstić information content (AvgIpc) is 3.40. The van der Waals surface area contributed by atoms with Crippen LogP contribution in [-0.2, 0) is 11.3 Å². The van der Waals surface area contributed by atoms with Crippen LogP contribution >= 0.6 is 15.9 Å². The fourth-order valence-corrected chi connectivity index (χ4v) is 4.75. The second-order valence-electron chi connectivity index (χ2n) is 8.02. The summed E-state index contributed by atoms with van der Waals surface area (Å²) in [6.07, 6.45) is 0.437. The van der Waals surface area contributed by atoms with Gasteiger partial charge in [-0.3, -0.25) is 4.79 Å². The molecule has 1 aromatic heterocycles. The molecule has 1 aliphatic heterocycles. The lowest BCUT2D eigenvalue weighted by Crippen LogP contribution is -2.24. The number of hydrogen-bond acceptors (Lipinski definition) is 4. The SMILES string of the molecule is COc1cccc(OCCn2c(C3CC(=O)N(c4cccc(Br)c4)C3)nc3ccccc32)c1. The van der Waals surface area contributed by atoms with Crippen molar-refractivity contribution in [3.05, 3.63) is 83.1 Å². The first-order chi connectivity index (χ1) is 16.1. The number of para-hydroxylation sites is 2. The normalized spacial score (nSPS) is 15.9. The molecule has 1 fully saturated rings. The Morgan fingerprint density at radius 1 is 1.03 bits per heavy atom. The van der Waals surface area contributed by atoms with Crippen molar-refractivity contribution in [1.82, 2.24) is 9.55 Å². The van der Waals surface area contributed by atoms with Gasteiger partial charge in [0.1, 0.15) is 23.9 Å². The maximum Gasteiger partial charge on any atom is 0.227 e. The smallest absolute Gasteiger partial charge is 0.227 e. The van der Waals surface area contributed by atoms with Gasteiger partial charge in [0.05, 0.1) is 24.7 Å². The molecule has 2 heterocycles. The van der Waals surface area contributed by atoms with Crippen LogP contribution < -0.4 is 14.4 Å². The van der Waals surface area contributed by atoms with Crippen LogP contribution in [0, 0.1) is 0 Å². The van der Waals surface area contributed by atoms with E-state index in [2.05, 4.69) is 26.6 Å². The number of benzene rings is 3. The Morgan fingerprint density at radius 3 is 2.70 bits per heavy atom. The topological polar surface area (TPSA) is 56.6 Å². The van der Waals surface area contributed by atoms with E-state index in [-0.39, 0.29) is 11.8 Å². The Hall–Kier alpha value is -3.32. The fraction of sp³-hybridized carbons (Fsp3) is 0.231. The lowest BCUT2D eigenvalue weighted by atomic mass is 10.1. The minimum Gasteiger partial charge on any atom is -0.497 e. The predicted octanol–water partition coefficient (Wildman–Crippen LogP) is 5.41. The van der Waals surface area contributed by atoms with Crippen LogP contribution in [0.3, 0.4) is 0 Å². The number of ether oxygens (including phenoxy) is 2. The van der Waals surface area contributed by atoms with E-state index >= 15 is 0 Å². The van der Waals surface area contributed by atoms with Gasteiger partial charge >= 0.3 is 0 Å². The molecule has 3 aromatic carbocycles. The minimum atomic E-state index is 0.0145. The van der Waals surface area contributed by atoms with Gasteiger partial charge in [-0.25, -0.2) is 4.98 Å². The van der Waals surface area contributed by atoms with E-state index in [9.17, 15) is 4.79 Å². The molecule has 0 bridgehead atoms. The molecule has 1 aliphatic rings. The zero-order valence-corrected chi connectivity index (χ0v) is 19.9. The van der Waals surface area contributed by atoms with Gasteiger partial charge in [0.25, 0.3) is 0 Å². The Labute approximate surface area is 200 Å². The Balaban J connectivity index is 1.39. The largest absolute Gasteiger partial charge is 0.497 e. The van der Waals surface area contributed by atoms with E-state index in [0.717, 1.165) is 38.5 Å². The summed E-state index contributed by atoms with van der Waals surface area (Å²) in [6.45, 7) is 1.72. The van der Waals surface area contributed by atoms with Crippen molar-refractivity contribution in [2.45, 2.75) is 18.9 Å². The van der Waals surface area contributed by atoms with Crippen molar-refractivity contribution in [3.8, 4) is 11.5 Å². The maximum absolute atomic E-state index is 12.9. The van der Waals surface area contributed by atoms with Gasteiger partial charge in [0.15, 0.2) is 0 Å². The first kappa shape index (κ1) is 21.5. The third kappa shape index (κ3) is 4.46. The van der Waals surface area contributed by atoms with E-state index in [0.29, 0.717) is 26.1 Å². The van der Waals surface area contributed by atoms with Crippen LogP contribution in [0.15, 0.2) is 77.3 Å². The average molecular weight is 506 g/mol. The molecule has 7 heteroatoms.